The molecule has 0 aliphatic rings. The highest BCUT2D eigenvalue weighted by molar-refractivity contribution is 8.00. The summed E-state index contributed by atoms with van der Waals surface area (Å²) in [5, 5.41) is 2.89. The Morgan fingerprint density at radius 2 is 1.81 bits per heavy atom. The van der Waals surface area contributed by atoms with Crippen LogP contribution in [-0.2, 0) is 4.79 Å². The summed E-state index contributed by atoms with van der Waals surface area (Å²) in [5.41, 5.74) is 0. The van der Waals surface area contributed by atoms with Gasteiger partial charge in [-0.2, -0.15) is 11.8 Å². The summed E-state index contributed by atoms with van der Waals surface area (Å²) < 4.78 is 10.9. The molecule has 1 aromatic rings. The zero-order chi connectivity index (χ0) is 15.9. The van der Waals surface area contributed by atoms with Gasteiger partial charge < -0.3 is 14.8 Å². The van der Waals surface area contributed by atoms with E-state index in [-0.39, 0.29) is 10.7 Å². The zero-order valence-corrected chi connectivity index (χ0v) is 14.3. The van der Waals surface area contributed by atoms with Gasteiger partial charge in [-0.15, -0.1) is 0 Å². The molecule has 21 heavy (non-hydrogen) atoms. The third kappa shape index (κ3) is 7.27. The molecule has 0 radical (unpaired) electrons. The summed E-state index contributed by atoms with van der Waals surface area (Å²) in [4.78, 5) is 11.9. The normalized spacial score (nSPS) is 12.6. The van der Waals surface area contributed by atoms with Crippen molar-refractivity contribution in [2.75, 3.05) is 19.4 Å². The highest BCUT2D eigenvalue weighted by Crippen LogP contribution is 2.22. The summed E-state index contributed by atoms with van der Waals surface area (Å²) in [6.45, 7) is 8.88. The molecule has 0 saturated carbocycles. The van der Waals surface area contributed by atoms with Crippen molar-refractivity contribution in [2.45, 2.75) is 38.5 Å². The van der Waals surface area contributed by atoms with Gasteiger partial charge in [0.15, 0.2) is 6.10 Å². The van der Waals surface area contributed by atoms with E-state index in [0.29, 0.717) is 12.3 Å². The van der Waals surface area contributed by atoms with Crippen LogP contribution in [0.25, 0.3) is 0 Å². The molecule has 1 amide bonds. The molecule has 0 bridgehead atoms. The number of hydrogen-bond acceptors (Lipinski definition) is 4. The molecule has 0 aliphatic heterocycles. The maximum Gasteiger partial charge on any atom is 0.260 e. The first-order valence-electron chi connectivity index (χ1n) is 7.04. The molecule has 1 atom stereocenters. The molecule has 0 aliphatic carbocycles. The average Bonchev–Trinajstić information content (AvgIpc) is 2.43. The number of benzene rings is 1. The van der Waals surface area contributed by atoms with E-state index in [2.05, 4.69) is 26.1 Å². The maximum absolute atomic E-state index is 11.9. The minimum Gasteiger partial charge on any atom is -0.497 e. The smallest absolute Gasteiger partial charge is 0.260 e. The van der Waals surface area contributed by atoms with E-state index in [0.717, 1.165) is 11.5 Å². The Morgan fingerprint density at radius 1 is 1.24 bits per heavy atom. The highest BCUT2D eigenvalue weighted by atomic mass is 32.2. The molecule has 1 rings (SSSR count). The fraction of sp³-hybridized carbons (Fsp3) is 0.562. The number of nitrogens with one attached hydrogen (secondary N) is 1. The average molecular weight is 311 g/mol. The van der Waals surface area contributed by atoms with E-state index in [4.69, 9.17) is 9.47 Å². The van der Waals surface area contributed by atoms with Gasteiger partial charge in [-0.05, 0) is 31.2 Å². The van der Waals surface area contributed by atoms with E-state index in [1.807, 2.05) is 11.8 Å². The number of hydrogen-bond donors (Lipinski definition) is 1. The zero-order valence-electron chi connectivity index (χ0n) is 13.4. The summed E-state index contributed by atoms with van der Waals surface area (Å²) in [7, 11) is 1.61. The van der Waals surface area contributed by atoms with Crippen molar-refractivity contribution in [2.24, 2.45) is 0 Å². The number of carbonyl (C=O) groups is 1. The number of carbonyl (C=O) groups excluding carboxylic acids is 1. The lowest BCUT2D eigenvalue weighted by molar-refractivity contribution is -0.127. The second-order valence-electron chi connectivity index (χ2n) is 5.69. The van der Waals surface area contributed by atoms with E-state index < -0.39 is 6.10 Å². The monoisotopic (exact) mass is 311 g/mol. The predicted octanol–water partition coefficient (Wildman–Crippen LogP) is 3.11. The fourth-order valence-corrected chi connectivity index (χ4v) is 2.40. The van der Waals surface area contributed by atoms with Crippen molar-refractivity contribution in [3.63, 3.8) is 0 Å². The molecule has 118 valence electrons. The Morgan fingerprint density at radius 3 is 2.33 bits per heavy atom. The Bertz CT molecular complexity index is 440. The molecule has 1 N–H and O–H groups in total. The minimum absolute atomic E-state index is 0.0969. The third-order valence-corrected chi connectivity index (χ3v) is 3.95. The summed E-state index contributed by atoms with van der Waals surface area (Å²) in [5.74, 6) is 2.21. The Labute approximate surface area is 131 Å². The number of rotatable bonds is 7. The topological polar surface area (TPSA) is 47.6 Å². The Hall–Kier alpha value is -1.36. The van der Waals surface area contributed by atoms with Crippen molar-refractivity contribution in [3.05, 3.63) is 24.3 Å². The molecule has 0 spiro atoms. The number of methoxy groups -OCH3 is 1. The van der Waals surface area contributed by atoms with Gasteiger partial charge in [0, 0.05) is 17.0 Å². The number of thioether (sulfide) groups is 1. The molecule has 4 nitrogen and oxygen atoms in total. The minimum atomic E-state index is -0.516. The molecule has 1 aromatic carbocycles. The maximum atomic E-state index is 11.9. The standard InChI is InChI=1S/C16H25NO3S/c1-12(15(18)17-10-11-21-16(2,3)4)20-14-8-6-13(19-5)7-9-14/h6-9,12H,10-11H2,1-5H3,(H,17,18)/t12-/m1/s1. The number of ether oxygens (including phenoxy) is 2. The predicted molar refractivity (Wildman–Crippen MR) is 88.3 cm³/mol. The van der Waals surface area contributed by atoms with E-state index in [1.54, 1.807) is 38.3 Å². The SMILES string of the molecule is COc1ccc(O[C@H](C)C(=O)NCCSC(C)(C)C)cc1. The van der Waals surface area contributed by atoms with Crippen LogP contribution < -0.4 is 14.8 Å². The van der Waals surface area contributed by atoms with Crippen LogP contribution in [0.15, 0.2) is 24.3 Å². The largest absolute Gasteiger partial charge is 0.497 e. The van der Waals surface area contributed by atoms with E-state index in [9.17, 15) is 4.79 Å². The van der Waals surface area contributed by atoms with Crippen molar-refractivity contribution in [1.29, 1.82) is 0 Å². The van der Waals surface area contributed by atoms with Crippen molar-refractivity contribution in [3.8, 4) is 11.5 Å². The van der Waals surface area contributed by atoms with Crippen LogP contribution in [0.5, 0.6) is 11.5 Å². The number of amides is 1. The van der Waals surface area contributed by atoms with Gasteiger partial charge in [0.2, 0.25) is 0 Å². The Balaban J connectivity index is 2.33. The van der Waals surface area contributed by atoms with Gasteiger partial charge in [0.05, 0.1) is 7.11 Å². The van der Waals surface area contributed by atoms with Crippen molar-refractivity contribution >= 4 is 17.7 Å². The first-order chi connectivity index (χ1) is 9.81. The summed E-state index contributed by atoms with van der Waals surface area (Å²) >= 11 is 1.83. The molecule has 0 saturated heterocycles. The van der Waals surface area contributed by atoms with Crippen molar-refractivity contribution < 1.29 is 14.3 Å². The molecular formula is C16H25NO3S. The quantitative estimate of drug-likeness (QED) is 0.786. The van der Waals surface area contributed by atoms with Gasteiger partial charge in [0.1, 0.15) is 11.5 Å². The molecule has 5 heteroatoms. The second-order valence-corrected chi connectivity index (χ2v) is 7.61. The van der Waals surface area contributed by atoms with Gasteiger partial charge in [-0.1, -0.05) is 20.8 Å². The molecule has 0 unspecified atom stereocenters. The summed E-state index contributed by atoms with van der Waals surface area (Å²) in [6.07, 6.45) is -0.516. The van der Waals surface area contributed by atoms with E-state index >= 15 is 0 Å². The van der Waals surface area contributed by atoms with Crippen LogP contribution in [0, 0.1) is 0 Å². The molecule has 0 aromatic heterocycles. The lowest BCUT2D eigenvalue weighted by Crippen LogP contribution is -2.37. The third-order valence-electron chi connectivity index (χ3n) is 2.68. The van der Waals surface area contributed by atoms with Gasteiger partial charge in [0.25, 0.3) is 5.91 Å². The second kappa shape index (κ2) is 8.17. The first-order valence-corrected chi connectivity index (χ1v) is 8.03. The molecular weight excluding hydrogens is 286 g/mol. The highest BCUT2D eigenvalue weighted by Gasteiger charge is 2.15. The molecule has 0 fully saturated rings. The first kappa shape index (κ1) is 17.7. The van der Waals surface area contributed by atoms with E-state index in [1.165, 1.54) is 0 Å². The van der Waals surface area contributed by atoms with Gasteiger partial charge in [-0.3, -0.25) is 4.79 Å². The van der Waals surface area contributed by atoms with Crippen LogP contribution in [-0.4, -0.2) is 36.2 Å². The Kier molecular flexibility index (Phi) is 6.89. The molecule has 0 heterocycles. The van der Waals surface area contributed by atoms with Crippen LogP contribution >= 0.6 is 11.8 Å². The van der Waals surface area contributed by atoms with Crippen LogP contribution in [0.1, 0.15) is 27.7 Å². The lowest BCUT2D eigenvalue weighted by atomic mass is 10.3. The van der Waals surface area contributed by atoms with Gasteiger partial charge in [-0.25, -0.2) is 0 Å². The van der Waals surface area contributed by atoms with Crippen LogP contribution in [0.4, 0.5) is 0 Å². The van der Waals surface area contributed by atoms with Crippen molar-refractivity contribution in [1.82, 2.24) is 5.32 Å². The van der Waals surface area contributed by atoms with Gasteiger partial charge >= 0.3 is 0 Å². The summed E-state index contributed by atoms with van der Waals surface area (Å²) in [6, 6.07) is 7.19. The van der Waals surface area contributed by atoms with Crippen LogP contribution in [0.3, 0.4) is 0 Å². The lowest BCUT2D eigenvalue weighted by Gasteiger charge is -2.18. The fourth-order valence-electron chi connectivity index (χ4n) is 1.59. The van der Waals surface area contributed by atoms with Crippen LogP contribution in [0.2, 0.25) is 0 Å².